The lowest BCUT2D eigenvalue weighted by Gasteiger charge is -2.10. The van der Waals surface area contributed by atoms with Crippen molar-refractivity contribution in [3.8, 4) is 5.75 Å². The molecular formula is C29H50N2O4. The number of hydrogen-bond acceptors (Lipinski definition) is 4. The van der Waals surface area contributed by atoms with Crippen LogP contribution in [-0.4, -0.2) is 17.9 Å². The number of rotatable bonds is 23. The number of anilines is 1. The summed E-state index contributed by atoms with van der Waals surface area (Å²) in [5.41, 5.74) is 0.286. The average Bonchev–Trinajstić information content (AvgIpc) is 2.85. The minimum Gasteiger partial charge on any atom is -0.495 e. The van der Waals surface area contributed by atoms with E-state index in [9.17, 15) is 14.9 Å². The van der Waals surface area contributed by atoms with Crippen molar-refractivity contribution in [3.63, 3.8) is 0 Å². The average molecular weight is 491 g/mol. The smallest absolute Gasteiger partial charge is 0.271 e. The number of carbonyl (C=O) groups is 1. The molecule has 0 saturated carbocycles. The summed E-state index contributed by atoms with van der Waals surface area (Å²) < 4.78 is 5.19. The van der Waals surface area contributed by atoms with Gasteiger partial charge in [-0.1, -0.05) is 122 Å². The molecule has 1 aromatic rings. The van der Waals surface area contributed by atoms with Gasteiger partial charge in [0.15, 0.2) is 0 Å². The molecule has 0 aromatic heterocycles. The van der Waals surface area contributed by atoms with Crippen LogP contribution in [0.5, 0.6) is 5.75 Å². The Hall–Kier alpha value is -2.11. The van der Waals surface area contributed by atoms with Crippen LogP contribution in [0, 0.1) is 10.1 Å². The van der Waals surface area contributed by atoms with Gasteiger partial charge in [0.2, 0.25) is 5.91 Å². The van der Waals surface area contributed by atoms with E-state index in [0.29, 0.717) is 17.9 Å². The SMILES string of the molecule is CCCCCCCCCCCCCCCCCCCCCC(=O)Nc1cc([N+](=O)[O-])ccc1OC. The summed E-state index contributed by atoms with van der Waals surface area (Å²) in [7, 11) is 1.48. The van der Waals surface area contributed by atoms with Gasteiger partial charge in [0.25, 0.3) is 5.69 Å². The van der Waals surface area contributed by atoms with E-state index in [2.05, 4.69) is 12.2 Å². The Morgan fingerprint density at radius 3 is 1.60 bits per heavy atom. The van der Waals surface area contributed by atoms with Crippen molar-refractivity contribution >= 4 is 17.3 Å². The maximum atomic E-state index is 12.2. The quantitative estimate of drug-likeness (QED) is 0.0941. The molecule has 0 radical (unpaired) electrons. The lowest BCUT2D eigenvalue weighted by Crippen LogP contribution is -2.12. The third kappa shape index (κ3) is 16.2. The molecule has 0 atom stereocenters. The van der Waals surface area contributed by atoms with Crippen molar-refractivity contribution in [2.45, 2.75) is 135 Å². The largest absolute Gasteiger partial charge is 0.495 e. The third-order valence-corrected chi connectivity index (χ3v) is 6.68. The lowest BCUT2D eigenvalue weighted by molar-refractivity contribution is -0.384. The second kappa shape index (κ2) is 21.2. The number of unbranched alkanes of at least 4 members (excludes halogenated alkanes) is 18. The molecule has 0 unspecified atom stereocenters. The highest BCUT2D eigenvalue weighted by molar-refractivity contribution is 5.92. The molecule has 0 heterocycles. The van der Waals surface area contributed by atoms with E-state index in [-0.39, 0.29) is 11.6 Å². The molecule has 0 saturated heterocycles. The molecular weight excluding hydrogens is 440 g/mol. The van der Waals surface area contributed by atoms with Gasteiger partial charge in [-0.05, 0) is 12.5 Å². The lowest BCUT2D eigenvalue weighted by atomic mass is 10.0. The molecule has 0 fully saturated rings. The summed E-state index contributed by atoms with van der Waals surface area (Å²) in [5, 5.41) is 13.7. The van der Waals surface area contributed by atoms with Crippen LogP contribution in [0.2, 0.25) is 0 Å². The molecule has 6 heteroatoms. The number of nitro benzene ring substituents is 1. The summed E-state index contributed by atoms with van der Waals surface area (Å²) in [6.07, 6.45) is 25.5. The van der Waals surface area contributed by atoms with E-state index in [4.69, 9.17) is 4.74 Å². The van der Waals surface area contributed by atoms with Crippen LogP contribution in [0.25, 0.3) is 0 Å². The molecule has 0 aliphatic carbocycles. The molecule has 0 bridgehead atoms. The molecule has 200 valence electrons. The van der Waals surface area contributed by atoms with Crippen LogP contribution < -0.4 is 10.1 Å². The Bertz CT molecular complexity index is 693. The van der Waals surface area contributed by atoms with E-state index in [1.807, 2.05) is 0 Å². The van der Waals surface area contributed by atoms with Gasteiger partial charge >= 0.3 is 0 Å². The first-order valence-corrected chi connectivity index (χ1v) is 14.2. The molecule has 0 aliphatic heterocycles. The molecule has 35 heavy (non-hydrogen) atoms. The van der Waals surface area contributed by atoms with E-state index in [1.165, 1.54) is 128 Å². The minimum atomic E-state index is -0.479. The molecule has 1 amide bonds. The molecule has 1 N–H and O–H groups in total. The van der Waals surface area contributed by atoms with Crippen LogP contribution in [0.15, 0.2) is 18.2 Å². The predicted molar refractivity (Wildman–Crippen MR) is 146 cm³/mol. The van der Waals surface area contributed by atoms with Gasteiger partial charge in [0, 0.05) is 18.6 Å². The number of nitrogens with zero attached hydrogens (tertiary/aromatic N) is 1. The number of amides is 1. The molecule has 1 aromatic carbocycles. The number of non-ortho nitro benzene ring substituents is 1. The van der Waals surface area contributed by atoms with Gasteiger partial charge in [-0.15, -0.1) is 0 Å². The fourth-order valence-electron chi connectivity index (χ4n) is 4.48. The zero-order valence-corrected chi connectivity index (χ0v) is 22.5. The summed E-state index contributed by atoms with van der Waals surface area (Å²) >= 11 is 0. The standard InChI is InChI=1S/C29H50N2O4/c1-3-4-5-6-7-8-9-10-11-12-13-14-15-16-17-18-19-20-21-22-29(32)30-27-25-26(31(33)34)23-24-28(27)35-2/h23-25H,3-22H2,1-2H3,(H,30,32). The Morgan fingerprint density at radius 1 is 0.771 bits per heavy atom. The molecule has 6 nitrogen and oxygen atoms in total. The number of carbonyl (C=O) groups excluding carboxylic acids is 1. The zero-order chi connectivity index (χ0) is 25.6. The topological polar surface area (TPSA) is 81.5 Å². The van der Waals surface area contributed by atoms with Crippen LogP contribution in [0.1, 0.15) is 135 Å². The number of ether oxygens (including phenoxy) is 1. The summed E-state index contributed by atoms with van der Waals surface area (Å²) in [5.74, 6) is 0.299. The highest BCUT2D eigenvalue weighted by Crippen LogP contribution is 2.29. The van der Waals surface area contributed by atoms with Crippen molar-refractivity contribution in [3.05, 3.63) is 28.3 Å². The Kier molecular flexibility index (Phi) is 18.7. The van der Waals surface area contributed by atoms with Crippen LogP contribution in [-0.2, 0) is 4.79 Å². The van der Waals surface area contributed by atoms with E-state index < -0.39 is 4.92 Å². The number of methoxy groups -OCH3 is 1. The summed E-state index contributed by atoms with van der Waals surface area (Å²) in [6.45, 7) is 2.28. The monoisotopic (exact) mass is 490 g/mol. The van der Waals surface area contributed by atoms with Crippen LogP contribution in [0.4, 0.5) is 11.4 Å². The normalized spacial score (nSPS) is 10.9. The van der Waals surface area contributed by atoms with E-state index in [0.717, 1.165) is 19.3 Å². The van der Waals surface area contributed by atoms with Gasteiger partial charge in [-0.25, -0.2) is 0 Å². The second-order valence-corrected chi connectivity index (χ2v) is 9.80. The van der Waals surface area contributed by atoms with Crippen LogP contribution in [0.3, 0.4) is 0 Å². The van der Waals surface area contributed by atoms with Crippen molar-refractivity contribution in [2.24, 2.45) is 0 Å². The Labute approximate surface area is 213 Å². The first-order chi connectivity index (χ1) is 17.1. The van der Waals surface area contributed by atoms with Crippen molar-refractivity contribution in [2.75, 3.05) is 12.4 Å². The summed E-state index contributed by atoms with van der Waals surface area (Å²) in [6, 6.07) is 4.21. The maximum absolute atomic E-state index is 12.2. The van der Waals surface area contributed by atoms with Crippen molar-refractivity contribution in [1.29, 1.82) is 0 Å². The minimum absolute atomic E-state index is 0.0652. The number of hydrogen-bond donors (Lipinski definition) is 1. The molecule has 0 aliphatic rings. The van der Waals surface area contributed by atoms with Crippen LogP contribution >= 0.6 is 0 Å². The number of benzene rings is 1. The van der Waals surface area contributed by atoms with E-state index >= 15 is 0 Å². The number of nitrogens with one attached hydrogen (secondary N) is 1. The van der Waals surface area contributed by atoms with Crippen molar-refractivity contribution < 1.29 is 14.5 Å². The Morgan fingerprint density at radius 2 is 1.20 bits per heavy atom. The van der Waals surface area contributed by atoms with Gasteiger partial charge < -0.3 is 10.1 Å². The van der Waals surface area contributed by atoms with Gasteiger partial charge in [-0.3, -0.25) is 14.9 Å². The first kappa shape index (κ1) is 30.9. The first-order valence-electron chi connectivity index (χ1n) is 14.2. The van der Waals surface area contributed by atoms with Crippen molar-refractivity contribution in [1.82, 2.24) is 0 Å². The fourth-order valence-corrected chi connectivity index (χ4v) is 4.48. The predicted octanol–water partition coefficient (Wildman–Crippen LogP) is 9.36. The zero-order valence-electron chi connectivity index (χ0n) is 22.5. The highest BCUT2D eigenvalue weighted by Gasteiger charge is 2.13. The van der Waals surface area contributed by atoms with Gasteiger partial charge in [0.05, 0.1) is 17.7 Å². The maximum Gasteiger partial charge on any atom is 0.271 e. The molecule has 1 rings (SSSR count). The highest BCUT2D eigenvalue weighted by atomic mass is 16.6. The van der Waals surface area contributed by atoms with Gasteiger partial charge in [0.1, 0.15) is 5.75 Å². The van der Waals surface area contributed by atoms with Gasteiger partial charge in [-0.2, -0.15) is 0 Å². The third-order valence-electron chi connectivity index (χ3n) is 6.68. The summed E-state index contributed by atoms with van der Waals surface area (Å²) in [4.78, 5) is 22.7. The number of nitro groups is 1. The molecule has 0 spiro atoms. The van der Waals surface area contributed by atoms with E-state index in [1.54, 1.807) is 0 Å². The Balaban J connectivity index is 1.91. The second-order valence-electron chi connectivity index (χ2n) is 9.80. The fraction of sp³-hybridized carbons (Fsp3) is 0.759.